The molecule has 0 aliphatic carbocycles. The fourth-order valence-electron chi connectivity index (χ4n) is 1.19. The van der Waals surface area contributed by atoms with Gasteiger partial charge in [-0.15, -0.1) is 0 Å². The van der Waals surface area contributed by atoms with Crippen LogP contribution in [0.3, 0.4) is 0 Å². The second kappa shape index (κ2) is 5.97. The van der Waals surface area contributed by atoms with E-state index in [1.165, 1.54) is 6.07 Å². The second-order valence-corrected chi connectivity index (χ2v) is 3.93. The Labute approximate surface area is 105 Å². The summed E-state index contributed by atoms with van der Waals surface area (Å²) in [5.41, 5.74) is 0. The number of hydrogen-bond acceptors (Lipinski definition) is 2. The van der Waals surface area contributed by atoms with Gasteiger partial charge in [0, 0.05) is 19.2 Å². The van der Waals surface area contributed by atoms with Crippen molar-refractivity contribution in [1.82, 2.24) is 4.90 Å². The van der Waals surface area contributed by atoms with E-state index < -0.39 is 0 Å². The van der Waals surface area contributed by atoms with E-state index in [2.05, 4.69) is 0 Å². The minimum Gasteiger partial charge on any atom is -0.410 e. The first kappa shape index (κ1) is 13.1. The Balaban J connectivity index is 2.73. The number of benzene rings is 1. The lowest BCUT2D eigenvalue weighted by Gasteiger charge is -2.17. The van der Waals surface area contributed by atoms with Gasteiger partial charge in [0.05, 0.1) is 10.0 Å². The Kier molecular flexibility index (Phi) is 4.90. The standard InChI is InChI=1S/C11H13Cl2NO2/c1-3-14(4-2)11(15)16-8-5-6-9(12)10(13)7-8/h5-7H,3-4H2,1-2H3. The molecular formula is C11H13Cl2NO2. The van der Waals surface area contributed by atoms with Crippen LogP contribution < -0.4 is 4.74 Å². The summed E-state index contributed by atoms with van der Waals surface area (Å²) in [6.07, 6.45) is -0.386. The molecule has 0 atom stereocenters. The van der Waals surface area contributed by atoms with E-state index in [4.69, 9.17) is 27.9 Å². The molecule has 0 aromatic heterocycles. The first-order chi connectivity index (χ1) is 7.58. The molecule has 0 saturated heterocycles. The SMILES string of the molecule is CCN(CC)C(=O)Oc1ccc(Cl)c(Cl)c1. The number of nitrogens with zero attached hydrogens (tertiary/aromatic N) is 1. The number of ether oxygens (including phenoxy) is 1. The minimum atomic E-state index is -0.386. The van der Waals surface area contributed by atoms with Crippen molar-refractivity contribution in [3.8, 4) is 5.75 Å². The van der Waals surface area contributed by atoms with Crippen LogP contribution in [0.4, 0.5) is 4.79 Å². The zero-order valence-corrected chi connectivity index (χ0v) is 10.7. The minimum absolute atomic E-state index is 0.367. The lowest BCUT2D eigenvalue weighted by molar-refractivity contribution is 0.157. The van der Waals surface area contributed by atoms with Crippen LogP contribution in [0.5, 0.6) is 5.75 Å². The van der Waals surface area contributed by atoms with Crippen LogP contribution in [0.2, 0.25) is 10.0 Å². The fraction of sp³-hybridized carbons (Fsp3) is 0.364. The molecule has 1 rings (SSSR count). The summed E-state index contributed by atoms with van der Waals surface area (Å²) in [6.45, 7) is 4.99. The Morgan fingerprint density at radius 2 is 1.88 bits per heavy atom. The molecule has 0 fully saturated rings. The summed E-state index contributed by atoms with van der Waals surface area (Å²) in [5, 5.41) is 0.802. The van der Waals surface area contributed by atoms with Gasteiger partial charge in [-0.3, -0.25) is 0 Å². The molecule has 0 spiro atoms. The molecule has 0 unspecified atom stereocenters. The van der Waals surface area contributed by atoms with Crippen LogP contribution in [0.1, 0.15) is 13.8 Å². The third-order valence-corrected chi connectivity index (χ3v) is 2.86. The maximum absolute atomic E-state index is 11.6. The van der Waals surface area contributed by atoms with Crippen LogP contribution in [-0.4, -0.2) is 24.1 Å². The zero-order chi connectivity index (χ0) is 12.1. The lowest BCUT2D eigenvalue weighted by atomic mass is 10.3. The first-order valence-electron chi connectivity index (χ1n) is 5.00. The molecule has 0 heterocycles. The maximum Gasteiger partial charge on any atom is 0.415 e. The average molecular weight is 262 g/mol. The molecule has 88 valence electrons. The predicted octanol–water partition coefficient (Wildman–Crippen LogP) is 3.83. The number of rotatable bonds is 3. The van der Waals surface area contributed by atoms with Crippen molar-refractivity contribution in [3.63, 3.8) is 0 Å². The molecule has 0 aliphatic heterocycles. The molecule has 0 saturated carbocycles. The number of amides is 1. The van der Waals surface area contributed by atoms with E-state index >= 15 is 0 Å². The molecule has 0 bridgehead atoms. The van der Waals surface area contributed by atoms with Crippen LogP contribution in [0.15, 0.2) is 18.2 Å². The van der Waals surface area contributed by atoms with Crippen molar-refractivity contribution in [3.05, 3.63) is 28.2 Å². The zero-order valence-electron chi connectivity index (χ0n) is 9.17. The topological polar surface area (TPSA) is 29.5 Å². The highest BCUT2D eigenvalue weighted by molar-refractivity contribution is 6.42. The fourth-order valence-corrected chi connectivity index (χ4v) is 1.48. The average Bonchev–Trinajstić information content (AvgIpc) is 2.25. The van der Waals surface area contributed by atoms with E-state index in [1.54, 1.807) is 17.0 Å². The predicted molar refractivity (Wildman–Crippen MR) is 65.4 cm³/mol. The van der Waals surface area contributed by atoms with Gasteiger partial charge in [0.1, 0.15) is 5.75 Å². The third kappa shape index (κ3) is 3.29. The summed E-state index contributed by atoms with van der Waals surface area (Å²) in [5.74, 6) is 0.395. The van der Waals surface area contributed by atoms with Gasteiger partial charge >= 0.3 is 6.09 Å². The number of halogens is 2. The van der Waals surface area contributed by atoms with Gasteiger partial charge in [0.25, 0.3) is 0 Å². The van der Waals surface area contributed by atoms with E-state index in [9.17, 15) is 4.79 Å². The van der Waals surface area contributed by atoms with Gasteiger partial charge in [-0.25, -0.2) is 4.79 Å². The molecule has 1 amide bonds. The van der Waals surface area contributed by atoms with Crippen molar-refractivity contribution >= 4 is 29.3 Å². The maximum atomic E-state index is 11.6. The largest absolute Gasteiger partial charge is 0.415 e. The van der Waals surface area contributed by atoms with Crippen molar-refractivity contribution in [2.75, 3.05) is 13.1 Å². The van der Waals surface area contributed by atoms with Crippen LogP contribution in [0, 0.1) is 0 Å². The highest BCUT2D eigenvalue weighted by Crippen LogP contribution is 2.26. The molecule has 3 nitrogen and oxygen atoms in total. The van der Waals surface area contributed by atoms with Crippen molar-refractivity contribution < 1.29 is 9.53 Å². The summed E-state index contributed by atoms with van der Waals surface area (Å²) in [6, 6.07) is 4.72. The highest BCUT2D eigenvalue weighted by atomic mass is 35.5. The Morgan fingerprint density at radius 3 is 2.38 bits per heavy atom. The van der Waals surface area contributed by atoms with Crippen LogP contribution in [0.25, 0.3) is 0 Å². The van der Waals surface area contributed by atoms with Gasteiger partial charge in [0.15, 0.2) is 0 Å². The third-order valence-electron chi connectivity index (χ3n) is 2.12. The summed E-state index contributed by atoms with van der Waals surface area (Å²) in [4.78, 5) is 13.2. The van der Waals surface area contributed by atoms with Gasteiger partial charge in [-0.05, 0) is 26.0 Å². The van der Waals surface area contributed by atoms with Gasteiger partial charge in [-0.1, -0.05) is 23.2 Å². The highest BCUT2D eigenvalue weighted by Gasteiger charge is 2.12. The molecule has 16 heavy (non-hydrogen) atoms. The Bertz CT molecular complexity index is 378. The van der Waals surface area contributed by atoms with E-state index in [0.717, 1.165) is 0 Å². The van der Waals surface area contributed by atoms with Crippen molar-refractivity contribution in [2.45, 2.75) is 13.8 Å². The normalized spacial score (nSPS) is 10.0. The first-order valence-corrected chi connectivity index (χ1v) is 5.75. The molecule has 1 aromatic carbocycles. The second-order valence-electron chi connectivity index (χ2n) is 3.12. The van der Waals surface area contributed by atoms with Gasteiger partial charge in [-0.2, -0.15) is 0 Å². The van der Waals surface area contributed by atoms with E-state index in [0.29, 0.717) is 28.9 Å². The van der Waals surface area contributed by atoms with Crippen LogP contribution >= 0.6 is 23.2 Å². The quantitative estimate of drug-likeness (QED) is 0.828. The number of hydrogen-bond donors (Lipinski definition) is 0. The van der Waals surface area contributed by atoms with Crippen molar-refractivity contribution in [1.29, 1.82) is 0 Å². The Morgan fingerprint density at radius 1 is 1.25 bits per heavy atom. The smallest absolute Gasteiger partial charge is 0.410 e. The van der Waals surface area contributed by atoms with Gasteiger partial charge in [0.2, 0.25) is 0 Å². The molecule has 0 radical (unpaired) electrons. The summed E-state index contributed by atoms with van der Waals surface area (Å²) < 4.78 is 5.14. The monoisotopic (exact) mass is 261 g/mol. The summed E-state index contributed by atoms with van der Waals surface area (Å²) >= 11 is 11.6. The number of carbonyl (C=O) groups excluding carboxylic acids is 1. The molecule has 5 heteroatoms. The molecule has 0 N–H and O–H groups in total. The molecule has 1 aromatic rings. The Hall–Kier alpha value is -0.930. The van der Waals surface area contributed by atoms with Crippen molar-refractivity contribution in [2.24, 2.45) is 0 Å². The molecule has 0 aliphatic rings. The van der Waals surface area contributed by atoms with E-state index in [-0.39, 0.29) is 6.09 Å². The molecular weight excluding hydrogens is 249 g/mol. The summed E-state index contributed by atoms with van der Waals surface area (Å²) in [7, 11) is 0. The van der Waals surface area contributed by atoms with E-state index in [1.807, 2.05) is 13.8 Å². The number of carbonyl (C=O) groups is 1. The van der Waals surface area contributed by atoms with Gasteiger partial charge < -0.3 is 9.64 Å². The lowest BCUT2D eigenvalue weighted by Crippen LogP contribution is -2.33. The van der Waals surface area contributed by atoms with Crippen LogP contribution in [-0.2, 0) is 0 Å².